The Hall–Kier alpha value is -2.09. The summed E-state index contributed by atoms with van der Waals surface area (Å²) in [6.45, 7) is 4.31. The highest BCUT2D eigenvalue weighted by Gasteiger charge is 2.11. The van der Waals surface area contributed by atoms with Gasteiger partial charge in [-0.05, 0) is 37.6 Å². The Morgan fingerprint density at radius 2 is 2.10 bits per heavy atom. The third kappa shape index (κ3) is 3.27. The monoisotopic (exact) mass is 284 g/mol. The largest absolute Gasteiger partial charge is 0.320 e. The van der Waals surface area contributed by atoms with E-state index in [9.17, 15) is 4.79 Å². The van der Waals surface area contributed by atoms with Gasteiger partial charge in [-0.2, -0.15) is 0 Å². The van der Waals surface area contributed by atoms with Crippen molar-refractivity contribution in [1.82, 2.24) is 0 Å². The first-order valence-corrected chi connectivity index (χ1v) is 7.10. The summed E-state index contributed by atoms with van der Waals surface area (Å²) in [4.78, 5) is 14.1. The Labute approximate surface area is 122 Å². The predicted molar refractivity (Wildman–Crippen MR) is 84.1 cm³/mol. The highest BCUT2D eigenvalue weighted by atomic mass is 32.1. The van der Waals surface area contributed by atoms with Crippen LogP contribution in [0.2, 0.25) is 0 Å². The number of rotatable bonds is 2. The predicted octanol–water partition coefficient (Wildman–Crippen LogP) is 2.93. The fourth-order valence-corrected chi connectivity index (χ4v) is 2.65. The zero-order valence-electron chi connectivity index (χ0n) is 11.5. The molecule has 2 rings (SSSR count). The van der Waals surface area contributed by atoms with Crippen LogP contribution in [0.1, 0.15) is 25.7 Å². The molecule has 1 heterocycles. The van der Waals surface area contributed by atoms with Crippen molar-refractivity contribution in [3.8, 4) is 11.8 Å². The van der Waals surface area contributed by atoms with Gasteiger partial charge in [-0.3, -0.25) is 4.79 Å². The second-order valence-electron chi connectivity index (χ2n) is 4.36. The number of anilines is 1. The topological polar surface area (TPSA) is 55.1 Å². The van der Waals surface area contributed by atoms with Crippen LogP contribution >= 0.6 is 11.3 Å². The summed E-state index contributed by atoms with van der Waals surface area (Å²) in [6.07, 6.45) is 0. The molecule has 0 saturated carbocycles. The Kier molecular flexibility index (Phi) is 4.57. The van der Waals surface area contributed by atoms with Crippen LogP contribution in [-0.4, -0.2) is 12.5 Å². The molecule has 1 aromatic heterocycles. The Morgan fingerprint density at radius 3 is 2.75 bits per heavy atom. The third-order valence-corrected chi connectivity index (χ3v) is 4.04. The Balaban J connectivity index is 2.23. The number of nitrogens with two attached hydrogens (primary N) is 1. The molecule has 0 spiro atoms. The lowest BCUT2D eigenvalue weighted by molar-refractivity contribution is 0.103. The summed E-state index contributed by atoms with van der Waals surface area (Å²) < 4.78 is 0. The van der Waals surface area contributed by atoms with E-state index >= 15 is 0 Å². The lowest BCUT2D eigenvalue weighted by atomic mass is 10.1. The van der Waals surface area contributed by atoms with E-state index in [1.807, 2.05) is 44.2 Å². The van der Waals surface area contributed by atoms with Gasteiger partial charge < -0.3 is 11.1 Å². The van der Waals surface area contributed by atoms with E-state index in [4.69, 9.17) is 5.73 Å². The van der Waals surface area contributed by atoms with Crippen LogP contribution in [0.3, 0.4) is 0 Å². The van der Waals surface area contributed by atoms with Gasteiger partial charge in [0, 0.05) is 10.4 Å². The summed E-state index contributed by atoms with van der Waals surface area (Å²) >= 11 is 1.50. The van der Waals surface area contributed by atoms with Gasteiger partial charge in [0.05, 0.1) is 17.1 Å². The standard InChI is InChI=1S/C16H16N2OS/c1-11-10-15(20-12(11)2)16(19)18-14-8-4-3-6-13(14)7-5-9-17/h3-4,6,8,10H,9,17H2,1-2H3,(H,18,19). The molecule has 0 aliphatic carbocycles. The zero-order valence-corrected chi connectivity index (χ0v) is 12.3. The molecule has 0 aliphatic heterocycles. The van der Waals surface area contributed by atoms with Crippen molar-refractivity contribution in [3.63, 3.8) is 0 Å². The average Bonchev–Trinajstić information content (AvgIpc) is 2.78. The molecule has 0 atom stereocenters. The molecule has 3 N–H and O–H groups in total. The highest BCUT2D eigenvalue weighted by molar-refractivity contribution is 7.14. The Bertz CT molecular complexity index is 672. The number of amides is 1. The molecule has 0 fully saturated rings. The maximum atomic E-state index is 12.2. The minimum absolute atomic E-state index is 0.104. The van der Waals surface area contributed by atoms with Gasteiger partial charge in [-0.15, -0.1) is 11.3 Å². The number of thiophene rings is 1. The van der Waals surface area contributed by atoms with Crippen molar-refractivity contribution in [1.29, 1.82) is 0 Å². The van der Waals surface area contributed by atoms with Crippen molar-refractivity contribution < 1.29 is 4.79 Å². The van der Waals surface area contributed by atoms with Crippen LogP contribution in [0.5, 0.6) is 0 Å². The second kappa shape index (κ2) is 6.38. The molecular formula is C16H16N2OS. The second-order valence-corrected chi connectivity index (χ2v) is 5.61. The van der Waals surface area contributed by atoms with E-state index in [1.165, 1.54) is 11.3 Å². The van der Waals surface area contributed by atoms with Crippen molar-refractivity contribution in [3.05, 3.63) is 51.2 Å². The van der Waals surface area contributed by atoms with Crippen LogP contribution in [0.25, 0.3) is 0 Å². The highest BCUT2D eigenvalue weighted by Crippen LogP contribution is 2.22. The van der Waals surface area contributed by atoms with E-state index < -0.39 is 0 Å². The minimum Gasteiger partial charge on any atom is -0.320 e. The number of hydrogen-bond acceptors (Lipinski definition) is 3. The van der Waals surface area contributed by atoms with Crippen LogP contribution in [0, 0.1) is 25.7 Å². The summed E-state index contributed by atoms with van der Waals surface area (Å²) in [5, 5.41) is 2.90. The molecule has 0 unspecified atom stereocenters. The van der Waals surface area contributed by atoms with Crippen molar-refractivity contribution in [2.45, 2.75) is 13.8 Å². The fourth-order valence-electron chi connectivity index (χ4n) is 1.72. The maximum Gasteiger partial charge on any atom is 0.265 e. The van der Waals surface area contributed by atoms with E-state index in [-0.39, 0.29) is 5.91 Å². The molecular weight excluding hydrogens is 268 g/mol. The van der Waals surface area contributed by atoms with Crippen molar-refractivity contribution in [2.75, 3.05) is 11.9 Å². The SMILES string of the molecule is Cc1cc(C(=O)Nc2ccccc2C#CCN)sc1C. The minimum atomic E-state index is -0.104. The van der Waals surface area contributed by atoms with Crippen molar-refractivity contribution >= 4 is 22.9 Å². The average molecular weight is 284 g/mol. The molecule has 1 aromatic carbocycles. The normalized spacial score (nSPS) is 9.75. The van der Waals surface area contributed by atoms with Gasteiger partial charge in [0.15, 0.2) is 0 Å². The summed E-state index contributed by atoms with van der Waals surface area (Å²) in [6, 6.07) is 9.36. The molecule has 0 radical (unpaired) electrons. The molecule has 102 valence electrons. The number of benzene rings is 1. The molecule has 2 aromatic rings. The van der Waals surface area contributed by atoms with Gasteiger partial charge in [-0.1, -0.05) is 24.0 Å². The molecule has 20 heavy (non-hydrogen) atoms. The quantitative estimate of drug-likeness (QED) is 0.833. The van der Waals surface area contributed by atoms with E-state index in [0.29, 0.717) is 17.1 Å². The Morgan fingerprint density at radius 1 is 1.35 bits per heavy atom. The lowest BCUT2D eigenvalue weighted by Gasteiger charge is -2.05. The van der Waals surface area contributed by atoms with E-state index in [2.05, 4.69) is 17.2 Å². The number of nitrogens with one attached hydrogen (secondary N) is 1. The van der Waals surface area contributed by atoms with Gasteiger partial charge >= 0.3 is 0 Å². The smallest absolute Gasteiger partial charge is 0.265 e. The van der Waals surface area contributed by atoms with E-state index in [0.717, 1.165) is 16.0 Å². The lowest BCUT2D eigenvalue weighted by Crippen LogP contribution is -2.11. The maximum absolute atomic E-state index is 12.2. The summed E-state index contributed by atoms with van der Waals surface area (Å²) in [5.41, 5.74) is 8.00. The van der Waals surface area contributed by atoms with Gasteiger partial charge in [-0.25, -0.2) is 0 Å². The first-order chi connectivity index (χ1) is 9.61. The fraction of sp³-hybridized carbons (Fsp3) is 0.188. The first-order valence-electron chi connectivity index (χ1n) is 6.28. The molecule has 3 nitrogen and oxygen atoms in total. The number of hydrogen-bond donors (Lipinski definition) is 2. The van der Waals surface area contributed by atoms with Crippen LogP contribution in [0.4, 0.5) is 5.69 Å². The van der Waals surface area contributed by atoms with Crippen molar-refractivity contribution in [2.24, 2.45) is 5.73 Å². The van der Waals surface area contributed by atoms with Crippen LogP contribution in [-0.2, 0) is 0 Å². The number of para-hydroxylation sites is 1. The molecule has 0 aliphatic rings. The van der Waals surface area contributed by atoms with Crippen LogP contribution in [0.15, 0.2) is 30.3 Å². The van der Waals surface area contributed by atoms with Gasteiger partial charge in [0.25, 0.3) is 5.91 Å². The number of carbonyl (C=O) groups is 1. The molecule has 4 heteroatoms. The first kappa shape index (κ1) is 14.3. The molecule has 1 amide bonds. The summed E-state index contributed by atoms with van der Waals surface area (Å²) in [5.74, 6) is 5.66. The van der Waals surface area contributed by atoms with Crippen LogP contribution < -0.4 is 11.1 Å². The van der Waals surface area contributed by atoms with Gasteiger partial charge in [0.1, 0.15) is 0 Å². The zero-order chi connectivity index (χ0) is 14.5. The third-order valence-electron chi connectivity index (χ3n) is 2.89. The number of aryl methyl sites for hydroxylation is 2. The number of carbonyl (C=O) groups excluding carboxylic acids is 1. The van der Waals surface area contributed by atoms with Gasteiger partial charge in [0.2, 0.25) is 0 Å². The summed E-state index contributed by atoms with van der Waals surface area (Å²) in [7, 11) is 0. The van der Waals surface area contributed by atoms with E-state index in [1.54, 1.807) is 0 Å². The molecule has 0 bridgehead atoms. The molecule has 0 saturated heterocycles.